The fourth-order valence-corrected chi connectivity index (χ4v) is 1.01. The van der Waals surface area contributed by atoms with E-state index in [1.54, 1.807) is 25.8 Å². The van der Waals surface area contributed by atoms with Gasteiger partial charge in [0, 0.05) is 6.54 Å². The molecule has 84 valence electrons. The van der Waals surface area contributed by atoms with E-state index in [1.807, 2.05) is 13.8 Å². The third-order valence-corrected chi connectivity index (χ3v) is 1.95. The Bertz CT molecular complexity index is 180. The molecule has 14 heavy (non-hydrogen) atoms. The van der Waals surface area contributed by atoms with Crippen LogP contribution in [0.3, 0.4) is 0 Å². The van der Waals surface area contributed by atoms with Gasteiger partial charge in [-0.3, -0.25) is 9.69 Å². The summed E-state index contributed by atoms with van der Waals surface area (Å²) >= 11 is 0. The van der Waals surface area contributed by atoms with Crippen molar-refractivity contribution in [3.05, 3.63) is 0 Å². The summed E-state index contributed by atoms with van der Waals surface area (Å²) in [5.74, 6) is -0.426. The monoisotopic (exact) mass is 203 g/mol. The normalized spacial score (nSPS) is 15.7. The lowest BCUT2D eigenvalue weighted by Crippen LogP contribution is -2.36. The van der Waals surface area contributed by atoms with Crippen molar-refractivity contribution in [2.75, 3.05) is 13.6 Å². The average Bonchev–Trinajstić information content (AvgIpc) is 2.02. The zero-order chi connectivity index (χ0) is 11.3. The molecule has 0 radical (unpaired) electrons. The number of carbonyl (C=O) groups excluding carboxylic acids is 1. The molecule has 0 heterocycles. The van der Waals surface area contributed by atoms with Crippen LogP contribution in [0.25, 0.3) is 0 Å². The highest BCUT2D eigenvalue weighted by Gasteiger charge is 2.19. The van der Waals surface area contributed by atoms with Crippen molar-refractivity contribution in [2.45, 2.75) is 40.0 Å². The fourth-order valence-electron chi connectivity index (χ4n) is 1.01. The van der Waals surface area contributed by atoms with Gasteiger partial charge in [0.25, 0.3) is 0 Å². The first-order valence-corrected chi connectivity index (χ1v) is 4.93. The molecule has 0 aromatic carbocycles. The molecule has 0 aliphatic heterocycles. The van der Waals surface area contributed by atoms with Gasteiger partial charge >= 0.3 is 5.97 Å². The molecule has 4 nitrogen and oxygen atoms in total. The quantitative estimate of drug-likeness (QED) is 0.531. The number of rotatable bonds is 5. The Labute approximate surface area is 85.9 Å². The Kier molecular flexibility index (Phi) is 5.72. The van der Waals surface area contributed by atoms with Gasteiger partial charge in [-0.25, -0.2) is 0 Å². The fraction of sp³-hybridized carbons (Fsp3) is 0.900. The maximum atomic E-state index is 11.4. The van der Waals surface area contributed by atoms with E-state index in [1.165, 1.54) is 0 Å². The van der Waals surface area contributed by atoms with E-state index in [0.29, 0.717) is 6.54 Å². The van der Waals surface area contributed by atoms with Crippen molar-refractivity contribution >= 4 is 5.97 Å². The summed E-state index contributed by atoms with van der Waals surface area (Å²) in [5, 5.41) is 9.21. The molecule has 0 spiro atoms. The standard InChI is InChI=1S/C10H21NO3/c1-7(2)14-10(13)8(3)6-11(5)9(4)12/h7-9,12H,6H2,1-5H3/t8-,9-/m1/s1. The molecule has 0 rings (SSSR count). The molecule has 4 heteroatoms. The number of hydrogen-bond acceptors (Lipinski definition) is 4. The lowest BCUT2D eigenvalue weighted by molar-refractivity contribution is -0.153. The van der Waals surface area contributed by atoms with Gasteiger partial charge in [0.1, 0.15) is 6.23 Å². The number of aliphatic hydroxyl groups excluding tert-OH is 1. The van der Waals surface area contributed by atoms with Gasteiger partial charge in [-0.15, -0.1) is 0 Å². The minimum absolute atomic E-state index is 0.0817. The summed E-state index contributed by atoms with van der Waals surface area (Å²) in [6.07, 6.45) is -0.619. The zero-order valence-electron chi connectivity index (χ0n) is 9.65. The van der Waals surface area contributed by atoms with Gasteiger partial charge in [-0.05, 0) is 27.8 Å². The highest BCUT2D eigenvalue weighted by molar-refractivity contribution is 5.72. The molecule has 0 aliphatic rings. The molecule has 0 saturated carbocycles. The van der Waals surface area contributed by atoms with Crippen LogP contribution in [0.15, 0.2) is 0 Å². The Morgan fingerprint density at radius 3 is 2.21 bits per heavy atom. The number of hydrogen-bond donors (Lipinski definition) is 1. The molecule has 1 N–H and O–H groups in total. The Morgan fingerprint density at radius 2 is 1.86 bits per heavy atom. The molecule has 2 atom stereocenters. The molecular weight excluding hydrogens is 182 g/mol. The van der Waals surface area contributed by atoms with Gasteiger partial charge in [-0.2, -0.15) is 0 Å². The summed E-state index contributed by atoms with van der Waals surface area (Å²) in [6, 6.07) is 0. The lowest BCUT2D eigenvalue weighted by Gasteiger charge is -2.23. The SMILES string of the molecule is CC(C)OC(=O)[C@H](C)CN(C)[C@@H](C)O. The summed E-state index contributed by atoms with van der Waals surface area (Å²) in [4.78, 5) is 13.1. The Balaban J connectivity index is 3.95. The molecular formula is C10H21NO3. The van der Waals surface area contributed by atoms with E-state index in [0.717, 1.165) is 0 Å². The van der Waals surface area contributed by atoms with Crippen LogP contribution in [0.4, 0.5) is 0 Å². The number of ether oxygens (including phenoxy) is 1. The largest absolute Gasteiger partial charge is 0.463 e. The number of nitrogens with zero attached hydrogens (tertiary/aromatic N) is 1. The van der Waals surface area contributed by atoms with Gasteiger partial charge in [0.2, 0.25) is 0 Å². The predicted octanol–water partition coefficient (Wildman–Crippen LogP) is 0.844. The van der Waals surface area contributed by atoms with E-state index < -0.39 is 6.23 Å². The third kappa shape index (κ3) is 5.19. The molecule has 0 bridgehead atoms. The molecule has 0 unspecified atom stereocenters. The second kappa shape index (κ2) is 5.98. The van der Waals surface area contributed by atoms with Gasteiger partial charge in [0.15, 0.2) is 0 Å². The lowest BCUT2D eigenvalue weighted by atomic mass is 10.1. The van der Waals surface area contributed by atoms with Crippen molar-refractivity contribution in [3.8, 4) is 0 Å². The molecule has 0 aromatic rings. The van der Waals surface area contributed by atoms with Crippen LogP contribution in [-0.4, -0.2) is 41.9 Å². The summed E-state index contributed by atoms with van der Waals surface area (Å²) in [6.45, 7) is 7.61. The smallest absolute Gasteiger partial charge is 0.310 e. The molecule has 0 fully saturated rings. The minimum atomic E-state index is -0.538. The Hall–Kier alpha value is -0.610. The minimum Gasteiger partial charge on any atom is -0.463 e. The predicted molar refractivity (Wildman–Crippen MR) is 54.7 cm³/mol. The first kappa shape index (κ1) is 13.4. The zero-order valence-corrected chi connectivity index (χ0v) is 9.65. The highest BCUT2D eigenvalue weighted by atomic mass is 16.5. The Morgan fingerprint density at radius 1 is 1.36 bits per heavy atom. The van der Waals surface area contributed by atoms with E-state index in [2.05, 4.69) is 0 Å². The molecule has 0 saturated heterocycles. The summed E-state index contributed by atoms with van der Waals surface area (Å²) in [7, 11) is 1.77. The van der Waals surface area contributed by atoms with Crippen LogP contribution < -0.4 is 0 Å². The van der Waals surface area contributed by atoms with Crippen molar-refractivity contribution in [3.63, 3.8) is 0 Å². The van der Waals surface area contributed by atoms with Crippen LogP contribution >= 0.6 is 0 Å². The first-order chi connectivity index (χ1) is 6.34. The third-order valence-electron chi connectivity index (χ3n) is 1.95. The second-order valence-corrected chi connectivity index (χ2v) is 3.96. The van der Waals surface area contributed by atoms with E-state index in [4.69, 9.17) is 4.74 Å². The van der Waals surface area contributed by atoms with Gasteiger partial charge in [-0.1, -0.05) is 6.92 Å². The average molecular weight is 203 g/mol. The van der Waals surface area contributed by atoms with Gasteiger partial charge < -0.3 is 9.84 Å². The van der Waals surface area contributed by atoms with E-state index >= 15 is 0 Å². The number of aliphatic hydroxyl groups is 1. The summed E-state index contributed by atoms with van der Waals surface area (Å²) < 4.78 is 5.05. The first-order valence-electron chi connectivity index (χ1n) is 4.93. The molecule has 0 aromatic heterocycles. The second-order valence-electron chi connectivity index (χ2n) is 3.96. The van der Waals surface area contributed by atoms with Crippen molar-refractivity contribution in [2.24, 2.45) is 5.92 Å². The highest BCUT2D eigenvalue weighted by Crippen LogP contribution is 2.05. The molecule has 0 amide bonds. The summed E-state index contributed by atoms with van der Waals surface area (Å²) in [5.41, 5.74) is 0. The topological polar surface area (TPSA) is 49.8 Å². The van der Waals surface area contributed by atoms with Crippen LogP contribution in [0, 0.1) is 5.92 Å². The van der Waals surface area contributed by atoms with Crippen LogP contribution in [0.5, 0.6) is 0 Å². The number of carbonyl (C=O) groups is 1. The van der Waals surface area contributed by atoms with Gasteiger partial charge in [0.05, 0.1) is 12.0 Å². The number of esters is 1. The van der Waals surface area contributed by atoms with Crippen molar-refractivity contribution in [1.82, 2.24) is 4.90 Å². The van der Waals surface area contributed by atoms with E-state index in [-0.39, 0.29) is 18.0 Å². The van der Waals surface area contributed by atoms with Crippen molar-refractivity contribution < 1.29 is 14.6 Å². The van der Waals surface area contributed by atoms with Crippen LogP contribution in [0.2, 0.25) is 0 Å². The van der Waals surface area contributed by atoms with Crippen LogP contribution in [-0.2, 0) is 9.53 Å². The van der Waals surface area contributed by atoms with Crippen LogP contribution in [0.1, 0.15) is 27.7 Å². The maximum absolute atomic E-state index is 11.4. The van der Waals surface area contributed by atoms with Crippen molar-refractivity contribution in [1.29, 1.82) is 0 Å². The van der Waals surface area contributed by atoms with E-state index in [9.17, 15) is 9.90 Å². The molecule has 0 aliphatic carbocycles. The maximum Gasteiger partial charge on any atom is 0.310 e.